The predicted molar refractivity (Wildman–Crippen MR) is 74.6 cm³/mol. The minimum Gasteiger partial charge on any atom is -0.384 e. The molecule has 0 fully saturated rings. The van der Waals surface area contributed by atoms with Gasteiger partial charge in [0.15, 0.2) is 0 Å². The van der Waals surface area contributed by atoms with Gasteiger partial charge in [0.1, 0.15) is 0 Å². The molecule has 2 rings (SSSR count). The summed E-state index contributed by atoms with van der Waals surface area (Å²) in [7, 11) is 0. The number of aryl methyl sites for hydroxylation is 1. The highest BCUT2D eigenvalue weighted by Gasteiger charge is 2.19. The molecule has 1 heterocycles. The molecule has 1 aromatic carbocycles. The van der Waals surface area contributed by atoms with E-state index in [-0.39, 0.29) is 5.54 Å². The van der Waals surface area contributed by atoms with Crippen LogP contribution in [0.1, 0.15) is 31.9 Å². The van der Waals surface area contributed by atoms with Crippen molar-refractivity contribution in [3.05, 3.63) is 29.3 Å². The van der Waals surface area contributed by atoms with Gasteiger partial charge in [0, 0.05) is 24.3 Å². The first-order chi connectivity index (χ1) is 7.94. The Hall–Kier alpha value is -1.02. The van der Waals surface area contributed by atoms with E-state index in [1.807, 2.05) is 0 Å². The third kappa shape index (κ3) is 3.47. The second kappa shape index (κ2) is 4.69. The molecule has 0 saturated heterocycles. The van der Waals surface area contributed by atoms with Crippen LogP contribution in [-0.4, -0.2) is 18.6 Å². The second-order valence-corrected chi connectivity index (χ2v) is 6.24. The van der Waals surface area contributed by atoms with Crippen LogP contribution in [0.15, 0.2) is 18.2 Å². The lowest BCUT2D eigenvalue weighted by molar-refractivity contribution is 0.373. The molecule has 1 aliphatic heterocycles. The summed E-state index contributed by atoms with van der Waals surface area (Å²) in [6, 6.07) is 6.73. The summed E-state index contributed by atoms with van der Waals surface area (Å²) in [5.74, 6) is 0.699. The molecular formula is C15H24N2. The predicted octanol–water partition coefficient (Wildman–Crippen LogP) is 2.97. The molecule has 1 aromatic rings. The van der Waals surface area contributed by atoms with Crippen LogP contribution in [0.5, 0.6) is 0 Å². The van der Waals surface area contributed by atoms with Crippen molar-refractivity contribution in [1.82, 2.24) is 5.32 Å². The minimum absolute atomic E-state index is 0.216. The Balaban J connectivity index is 1.97. The Morgan fingerprint density at radius 2 is 2.12 bits per heavy atom. The zero-order chi connectivity index (χ0) is 12.5. The van der Waals surface area contributed by atoms with Crippen molar-refractivity contribution in [2.45, 2.75) is 39.7 Å². The molecular weight excluding hydrogens is 208 g/mol. The quantitative estimate of drug-likeness (QED) is 0.819. The highest BCUT2D eigenvalue weighted by atomic mass is 15.0. The molecule has 2 N–H and O–H groups in total. The average molecular weight is 232 g/mol. The Kier molecular flexibility index (Phi) is 3.43. The van der Waals surface area contributed by atoms with E-state index >= 15 is 0 Å². The first kappa shape index (κ1) is 12.4. The first-order valence-electron chi connectivity index (χ1n) is 6.52. The van der Waals surface area contributed by atoms with E-state index in [4.69, 9.17) is 0 Å². The van der Waals surface area contributed by atoms with Crippen LogP contribution in [0.4, 0.5) is 5.69 Å². The Morgan fingerprint density at radius 3 is 2.82 bits per heavy atom. The topological polar surface area (TPSA) is 24.1 Å². The molecule has 94 valence electrons. The van der Waals surface area contributed by atoms with Gasteiger partial charge in [-0.1, -0.05) is 12.1 Å². The summed E-state index contributed by atoms with van der Waals surface area (Å²) >= 11 is 0. The number of benzene rings is 1. The van der Waals surface area contributed by atoms with Crippen molar-refractivity contribution in [3.8, 4) is 0 Å². The molecule has 0 bridgehead atoms. The van der Waals surface area contributed by atoms with Crippen molar-refractivity contribution in [2.75, 3.05) is 18.4 Å². The highest BCUT2D eigenvalue weighted by Crippen LogP contribution is 2.25. The molecule has 0 aliphatic carbocycles. The van der Waals surface area contributed by atoms with Crippen LogP contribution in [0.2, 0.25) is 0 Å². The van der Waals surface area contributed by atoms with Gasteiger partial charge in [-0.3, -0.25) is 0 Å². The van der Waals surface area contributed by atoms with Gasteiger partial charge in [-0.25, -0.2) is 0 Å². The van der Waals surface area contributed by atoms with Crippen molar-refractivity contribution < 1.29 is 0 Å². The number of anilines is 1. The lowest BCUT2D eigenvalue weighted by atomic mass is 9.92. The molecule has 1 unspecified atom stereocenters. The van der Waals surface area contributed by atoms with E-state index in [0.717, 1.165) is 13.1 Å². The van der Waals surface area contributed by atoms with Gasteiger partial charge < -0.3 is 10.6 Å². The number of hydrogen-bond acceptors (Lipinski definition) is 2. The van der Waals surface area contributed by atoms with Gasteiger partial charge in [-0.2, -0.15) is 0 Å². The fraction of sp³-hybridized carbons (Fsp3) is 0.600. The summed E-state index contributed by atoms with van der Waals surface area (Å²) in [4.78, 5) is 0. The number of fused-ring (bicyclic) bond motifs is 1. The van der Waals surface area contributed by atoms with E-state index in [9.17, 15) is 0 Å². The Morgan fingerprint density at radius 1 is 1.35 bits per heavy atom. The molecule has 17 heavy (non-hydrogen) atoms. The fourth-order valence-electron chi connectivity index (χ4n) is 2.27. The summed E-state index contributed by atoms with van der Waals surface area (Å²) in [6.45, 7) is 11.0. The van der Waals surface area contributed by atoms with Crippen LogP contribution in [0.25, 0.3) is 0 Å². The molecule has 2 heteroatoms. The molecule has 2 nitrogen and oxygen atoms in total. The van der Waals surface area contributed by atoms with Crippen molar-refractivity contribution in [1.29, 1.82) is 0 Å². The van der Waals surface area contributed by atoms with E-state index < -0.39 is 0 Å². The summed E-state index contributed by atoms with van der Waals surface area (Å²) < 4.78 is 0. The van der Waals surface area contributed by atoms with Crippen molar-refractivity contribution in [3.63, 3.8) is 0 Å². The lowest BCUT2D eigenvalue weighted by Gasteiger charge is -2.30. The molecule has 0 amide bonds. The highest BCUT2D eigenvalue weighted by molar-refractivity contribution is 5.55. The van der Waals surface area contributed by atoms with E-state index in [1.165, 1.54) is 23.2 Å². The SMILES string of the molecule is Cc1ccc2c(c1)NCC(CNC(C)(C)C)C2. The first-order valence-corrected chi connectivity index (χ1v) is 6.52. The third-order valence-electron chi connectivity index (χ3n) is 3.28. The maximum atomic E-state index is 3.59. The fourth-order valence-corrected chi connectivity index (χ4v) is 2.27. The molecule has 0 spiro atoms. The summed E-state index contributed by atoms with van der Waals surface area (Å²) in [6.07, 6.45) is 1.19. The Labute approximate surface area is 105 Å². The van der Waals surface area contributed by atoms with Gasteiger partial charge in [0.2, 0.25) is 0 Å². The van der Waals surface area contributed by atoms with Gasteiger partial charge in [-0.15, -0.1) is 0 Å². The van der Waals surface area contributed by atoms with E-state index in [0.29, 0.717) is 5.92 Å². The van der Waals surface area contributed by atoms with E-state index in [2.05, 4.69) is 56.5 Å². The minimum atomic E-state index is 0.216. The van der Waals surface area contributed by atoms with Gasteiger partial charge in [-0.05, 0) is 57.2 Å². The number of hydrogen-bond donors (Lipinski definition) is 2. The lowest BCUT2D eigenvalue weighted by Crippen LogP contribution is -2.42. The molecule has 1 aliphatic rings. The standard InChI is InChI=1S/C15H24N2/c1-11-5-6-13-8-12(9-16-14(13)7-11)10-17-15(2,3)4/h5-7,12,16-17H,8-10H2,1-4H3. The van der Waals surface area contributed by atoms with Crippen LogP contribution in [0.3, 0.4) is 0 Å². The van der Waals surface area contributed by atoms with E-state index in [1.54, 1.807) is 0 Å². The summed E-state index contributed by atoms with van der Waals surface area (Å²) in [5, 5.41) is 7.14. The van der Waals surface area contributed by atoms with Gasteiger partial charge in [0.25, 0.3) is 0 Å². The van der Waals surface area contributed by atoms with Crippen molar-refractivity contribution >= 4 is 5.69 Å². The Bertz CT molecular complexity index is 390. The van der Waals surface area contributed by atoms with Gasteiger partial charge >= 0.3 is 0 Å². The third-order valence-corrected chi connectivity index (χ3v) is 3.28. The van der Waals surface area contributed by atoms with Crippen LogP contribution in [0, 0.1) is 12.8 Å². The van der Waals surface area contributed by atoms with Gasteiger partial charge in [0.05, 0.1) is 0 Å². The maximum Gasteiger partial charge on any atom is 0.0375 e. The zero-order valence-electron chi connectivity index (χ0n) is 11.4. The largest absolute Gasteiger partial charge is 0.384 e. The molecule has 0 saturated carbocycles. The smallest absolute Gasteiger partial charge is 0.0375 e. The normalized spacial score (nSPS) is 19.6. The number of nitrogens with one attached hydrogen (secondary N) is 2. The van der Waals surface area contributed by atoms with Crippen LogP contribution in [-0.2, 0) is 6.42 Å². The maximum absolute atomic E-state index is 3.59. The molecule has 0 aromatic heterocycles. The average Bonchev–Trinajstić information content (AvgIpc) is 2.25. The van der Waals surface area contributed by atoms with Crippen LogP contribution >= 0.6 is 0 Å². The van der Waals surface area contributed by atoms with Crippen molar-refractivity contribution in [2.24, 2.45) is 5.92 Å². The molecule has 1 atom stereocenters. The number of rotatable bonds is 2. The zero-order valence-corrected chi connectivity index (χ0v) is 11.4. The molecule has 0 radical (unpaired) electrons. The monoisotopic (exact) mass is 232 g/mol. The van der Waals surface area contributed by atoms with Crippen LogP contribution < -0.4 is 10.6 Å². The summed E-state index contributed by atoms with van der Waals surface area (Å²) in [5.41, 5.74) is 4.34. The second-order valence-electron chi connectivity index (χ2n) is 6.24.